The number of hydrogen-bond donors (Lipinski definition) is 21. The third kappa shape index (κ3) is 25.4. The van der Waals surface area contributed by atoms with Gasteiger partial charge in [0.2, 0.25) is 19.3 Å². The first-order valence-corrected chi connectivity index (χ1v) is 33.6. The molecule has 0 spiro atoms. The van der Waals surface area contributed by atoms with E-state index in [-0.39, 0.29) is 57.1 Å². The third-order valence-corrected chi connectivity index (χ3v) is 19.7. The van der Waals surface area contributed by atoms with E-state index in [4.69, 9.17) is 10.2 Å². The van der Waals surface area contributed by atoms with Gasteiger partial charge >= 0.3 is 0 Å². The molecule has 0 aromatic heterocycles. The summed E-state index contributed by atoms with van der Waals surface area (Å²) in [6.07, 6.45) is -20.4. The maximum atomic E-state index is 12.8. The normalized spacial score (nSPS) is 39.1. The molecule has 2 aromatic carbocycles. The Hall–Kier alpha value is -3.14. The fourth-order valence-corrected chi connectivity index (χ4v) is 13.4. The second-order valence-corrected chi connectivity index (χ2v) is 26.3. The summed E-state index contributed by atoms with van der Waals surface area (Å²) in [5.74, 6) is -8.66. The predicted molar refractivity (Wildman–Crippen MR) is 339 cm³/mol. The highest BCUT2D eigenvalue weighted by molar-refractivity contribution is 5.19. The number of aliphatic hydroxyl groups excluding tert-OH is 15. The Morgan fingerprint density at radius 1 is 0.433 bits per heavy atom. The van der Waals surface area contributed by atoms with Crippen LogP contribution in [0.5, 0.6) is 0 Å². The zero-order valence-corrected chi connectivity index (χ0v) is 55.3. The Balaban J connectivity index is 0.000000242. The molecule has 2 unspecified atom stereocenters. The molecule has 97 heavy (non-hydrogen) atoms. The van der Waals surface area contributed by atoms with E-state index in [9.17, 15) is 110 Å². The van der Waals surface area contributed by atoms with Crippen molar-refractivity contribution in [1.29, 1.82) is 0 Å². The highest BCUT2D eigenvalue weighted by Crippen LogP contribution is 2.54. The third-order valence-electron chi connectivity index (χ3n) is 19.7. The van der Waals surface area contributed by atoms with E-state index in [0.29, 0.717) is 52.1 Å². The second kappa shape index (κ2) is 42.5. The summed E-state index contributed by atoms with van der Waals surface area (Å²) in [6, 6.07) is 17.9. The lowest BCUT2D eigenvalue weighted by molar-refractivity contribution is -0.118. The summed E-state index contributed by atoms with van der Waals surface area (Å²) < 4.78 is 126. The van der Waals surface area contributed by atoms with Crippen LogP contribution in [0, 0.1) is 47.3 Å². The fraction of sp³-hybridized carbons (Fsp3) is 0.815. The van der Waals surface area contributed by atoms with Gasteiger partial charge in [-0.1, -0.05) is 88.4 Å². The maximum Gasteiger partial charge on any atom is 0.252 e. The average molecular weight is 1420 g/mol. The van der Waals surface area contributed by atoms with Gasteiger partial charge in [-0.15, -0.1) is 0 Å². The summed E-state index contributed by atoms with van der Waals surface area (Å²) in [5.41, 5.74) is 1.77. The van der Waals surface area contributed by atoms with Crippen molar-refractivity contribution in [3.8, 4) is 0 Å². The first kappa shape index (κ1) is 86.3. The number of likely N-dealkylation sites (tertiary alicyclic amines) is 1. The molecule has 8 fully saturated rings. The molecule has 7 saturated heterocycles. The number of rotatable bonds is 14. The van der Waals surface area contributed by atoms with Crippen LogP contribution >= 0.6 is 0 Å². The number of benzene rings is 2. The van der Waals surface area contributed by atoms with E-state index in [1.54, 1.807) is 18.7 Å². The number of nitrogens with zero attached hydrogens (tertiary/aromatic N) is 1. The second-order valence-electron chi connectivity index (χ2n) is 26.3. The van der Waals surface area contributed by atoms with Crippen LogP contribution in [-0.2, 0) is 6.54 Å². The van der Waals surface area contributed by atoms with E-state index < -0.39 is 184 Å². The summed E-state index contributed by atoms with van der Waals surface area (Å²) in [4.78, 5) is 1.75. The lowest BCUT2D eigenvalue weighted by atomic mass is 9.85. The molecular formula is C65H109F10N7O15. The summed E-state index contributed by atoms with van der Waals surface area (Å²) >= 11 is 0. The molecule has 8 aliphatic rings. The van der Waals surface area contributed by atoms with Crippen molar-refractivity contribution < 1.29 is 121 Å². The van der Waals surface area contributed by atoms with Crippen LogP contribution in [-0.4, -0.2) is 295 Å². The molecular weight excluding hydrogens is 1310 g/mol. The number of alkyl halides is 10. The van der Waals surface area contributed by atoms with Gasteiger partial charge in [0.25, 0.3) is 5.92 Å². The monoisotopic (exact) mass is 1420 g/mol. The molecule has 22 nitrogen and oxygen atoms in total. The molecule has 1 aliphatic carbocycles. The van der Waals surface area contributed by atoms with Gasteiger partial charge in [0.15, 0.2) is 0 Å². The molecule has 1 saturated carbocycles. The topological polar surface area (TPSA) is 379 Å². The van der Waals surface area contributed by atoms with Crippen molar-refractivity contribution in [3.63, 3.8) is 0 Å². The standard InChI is InChI=1S/C13H17F2NO2.C12H17NO3.C8H13F2NO2.2C8H15F2NO2.2C8H16FNO2/c14-13(15)10-7-16(8-11(17)12(10)18)6-9-4-2-1-3-5-9;14-10-7-13-6-9(12(10)16)11(15)8-4-2-1-3-5-8;9-8(10)1-5(8)4-2-11-3-6(12)7(4)13;2*1-2-4-6(8(9)10)7(13)5(12)3-11-4;2*1-2-6-5(3-9)8(12)7(11)4-10-6/h1-5,10-13,17-18H,6-8H2;1-5,9-16H,6-7H2;4-7,11-13H,1-3H2;2*4-8,11-13H,2-3H2,1H3;2*5-8,10-12H,2-4H2,1H3/t10-,11+,12+;9-,10-,11?,12-;4-,5?,6-,7-;4-,5+,6-,7-;4-,5-,6+,7+;5-,6+,7+,8+;5-,6-,7+,8+/m0110100/s1. The molecule has 10 rings (SSSR count). The van der Waals surface area contributed by atoms with Crippen LogP contribution in [0.1, 0.15) is 77.0 Å². The number of aliphatic hydroxyl groups is 15. The van der Waals surface area contributed by atoms with Crippen LogP contribution in [0.25, 0.3) is 0 Å². The van der Waals surface area contributed by atoms with Gasteiger partial charge in [0, 0.05) is 132 Å². The first-order valence-electron chi connectivity index (χ1n) is 33.6. The van der Waals surface area contributed by atoms with Crippen LogP contribution < -0.4 is 31.9 Å². The molecule has 7 aliphatic heterocycles. The summed E-state index contributed by atoms with van der Waals surface area (Å²) in [5, 5.41) is 159. The quantitative estimate of drug-likeness (QED) is 0.107. The van der Waals surface area contributed by atoms with Gasteiger partial charge in [0.05, 0.1) is 123 Å². The molecule has 21 N–H and O–H groups in total. The summed E-state index contributed by atoms with van der Waals surface area (Å²) in [6.45, 7) is 9.72. The minimum atomic E-state index is -2.62. The van der Waals surface area contributed by atoms with Gasteiger partial charge < -0.3 is 108 Å². The van der Waals surface area contributed by atoms with Gasteiger partial charge in [-0.05, 0) is 36.8 Å². The SMILES string of the molecule is CC[C@@H]1NC[C@@H](O)[C@H](O)[C@H]1C(F)F.CC[C@@H]1NC[C@@H](O)[C@H](O)[C@H]1CF.CC[C@H]1NC[C@@H](O)[C@H](O)[C@H]1C(F)F.CC[C@H]1NC[C@@H](O)[C@H](O)[C@H]1CF.OC(c1ccccc1)[C@H]1CNC[C@@H](O)[C@@H]1O.O[C@H]1[C@H](O)CN(Cc2ccccc2)C[C@@H]1C(F)F.O[C@H]1[C@H](O)CNC[C@@H]1C1CC1(F)F. The number of piperidine rings is 7. The number of hydrogen-bond acceptors (Lipinski definition) is 22. The van der Waals surface area contributed by atoms with Crippen LogP contribution in [0.3, 0.4) is 0 Å². The average Bonchev–Trinajstić information content (AvgIpc) is 1.61. The van der Waals surface area contributed by atoms with Crippen molar-refractivity contribution in [3.05, 3.63) is 71.8 Å². The molecule has 564 valence electrons. The predicted octanol–water partition coefficient (Wildman–Crippen LogP) is -0.357. The minimum absolute atomic E-state index is 0.00611. The van der Waals surface area contributed by atoms with Crippen molar-refractivity contribution in [2.24, 2.45) is 47.3 Å². The van der Waals surface area contributed by atoms with Gasteiger partial charge in [-0.2, -0.15) is 0 Å². The van der Waals surface area contributed by atoms with Crippen LogP contribution in [0.2, 0.25) is 0 Å². The molecule has 0 radical (unpaired) electrons. The lowest BCUT2D eigenvalue weighted by Gasteiger charge is -2.38. The van der Waals surface area contributed by atoms with Gasteiger partial charge in [-0.25, -0.2) is 35.1 Å². The number of β-amino-alcohol motifs (C(OH)–C–C–N with tert-alkyl or cyclic N) is 7. The Kier molecular flexibility index (Phi) is 37.8. The van der Waals surface area contributed by atoms with Crippen molar-refractivity contribution in [2.75, 3.05) is 78.8 Å². The smallest absolute Gasteiger partial charge is 0.252 e. The molecule has 32 heteroatoms. The molecule has 2 aromatic rings. The Labute approximate surface area is 560 Å². The van der Waals surface area contributed by atoms with Gasteiger partial charge in [-0.3, -0.25) is 13.7 Å². The molecule has 0 bridgehead atoms. The zero-order valence-electron chi connectivity index (χ0n) is 55.3. The highest BCUT2D eigenvalue weighted by Gasteiger charge is 2.62. The van der Waals surface area contributed by atoms with Crippen molar-refractivity contribution in [1.82, 2.24) is 36.8 Å². The molecule has 0 amide bonds. The fourth-order valence-electron chi connectivity index (χ4n) is 13.4. The van der Waals surface area contributed by atoms with Gasteiger partial charge in [0.1, 0.15) is 0 Å². The minimum Gasteiger partial charge on any atom is -0.390 e. The van der Waals surface area contributed by atoms with Crippen LogP contribution in [0.15, 0.2) is 60.7 Å². The first-order chi connectivity index (χ1) is 45.8. The van der Waals surface area contributed by atoms with Crippen LogP contribution in [0.4, 0.5) is 43.9 Å². The van der Waals surface area contributed by atoms with E-state index in [1.165, 1.54) is 0 Å². The van der Waals surface area contributed by atoms with Crippen molar-refractivity contribution in [2.45, 2.75) is 207 Å². The zero-order chi connectivity index (χ0) is 72.6. The van der Waals surface area contributed by atoms with Crippen molar-refractivity contribution >= 4 is 0 Å². The van der Waals surface area contributed by atoms with E-state index >= 15 is 0 Å². The van der Waals surface area contributed by atoms with E-state index in [2.05, 4.69) is 31.9 Å². The largest absolute Gasteiger partial charge is 0.390 e. The maximum absolute atomic E-state index is 12.8. The summed E-state index contributed by atoms with van der Waals surface area (Å²) in [7, 11) is 0. The number of nitrogens with one attached hydrogen (secondary N) is 6. The molecule has 7 heterocycles. The Morgan fingerprint density at radius 3 is 1.20 bits per heavy atom. The Bertz CT molecular complexity index is 2340. The Morgan fingerprint density at radius 2 is 0.804 bits per heavy atom. The number of halogens is 10. The van der Waals surface area contributed by atoms with E-state index in [1.807, 2.05) is 74.5 Å². The highest BCUT2D eigenvalue weighted by atomic mass is 19.3. The molecule has 27 atom stereocenters. The van der Waals surface area contributed by atoms with E-state index in [0.717, 1.165) is 24.0 Å². The lowest BCUT2D eigenvalue weighted by Crippen LogP contribution is -2.58.